The van der Waals surface area contributed by atoms with E-state index in [1.807, 2.05) is 29.2 Å². The van der Waals surface area contributed by atoms with Gasteiger partial charge < -0.3 is 19.7 Å². The van der Waals surface area contributed by atoms with E-state index in [0.29, 0.717) is 37.5 Å². The number of halogens is 1. The third-order valence-electron chi connectivity index (χ3n) is 5.71. The molecule has 2 N–H and O–H groups in total. The number of aromatic nitrogens is 1. The Morgan fingerprint density at radius 1 is 1.16 bits per heavy atom. The fraction of sp³-hybridized carbons (Fsp3) is 0.348. The predicted octanol–water partition coefficient (Wildman–Crippen LogP) is 3.24. The number of rotatable bonds is 7. The Hall–Kier alpha value is -3.42. The van der Waals surface area contributed by atoms with Gasteiger partial charge in [0.05, 0.1) is 5.92 Å². The van der Waals surface area contributed by atoms with Crippen LogP contribution in [0.5, 0.6) is 0 Å². The smallest absolute Gasteiger partial charge is 0.308 e. The molecule has 0 spiro atoms. The van der Waals surface area contributed by atoms with Crippen molar-refractivity contribution in [3.05, 3.63) is 59.9 Å². The molecule has 1 amide bonds. The summed E-state index contributed by atoms with van der Waals surface area (Å²) in [6.45, 7) is 1.22. The van der Waals surface area contributed by atoms with Crippen LogP contribution in [0.4, 0.5) is 10.4 Å². The van der Waals surface area contributed by atoms with Gasteiger partial charge >= 0.3 is 5.97 Å². The topological polar surface area (TPSA) is 95.7 Å². The van der Waals surface area contributed by atoms with E-state index in [4.69, 9.17) is 4.42 Å². The van der Waals surface area contributed by atoms with Crippen molar-refractivity contribution in [3.8, 4) is 0 Å². The molecule has 0 bridgehead atoms. The van der Waals surface area contributed by atoms with E-state index in [1.165, 1.54) is 6.07 Å². The second kappa shape index (κ2) is 9.16. The Kier molecular flexibility index (Phi) is 6.16. The van der Waals surface area contributed by atoms with Crippen LogP contribution in [0.15, 0.2) is 52.9 Å². The molecule has 1 saturated heterocycles. The first-order chi connectivity index (χ1) is 15.0. The van der Waals surface area contributed by atoms with Crippen LogP contribution in [0.2, 0.25) is 0 Å². The average molecular weight is 425 g/mol. The van der Waals surface area contributed by atoms with E-state index >= 15 is 0 Å². The number of hydrogen-bond acceptors (Lipinski definition) is 5. The molecule has 4 rings (SSSR count). The number of nitrogens with zero attached hydrogens (tertiary/aromatic N) is 2. The van der Waals surface area contributed by atoms with Gasteiger partial charge in [0, 0.05) is 25.6 Å². The minimum Gasteiger partial charge on any atom is -0.481 e. The van der Waals surface area contributed by atoms with Crippen LogP contribution in [0.25, 0.3) is 11.1 Å². The normalized spacial score (nSPS) is 15.7. The summed E-state index contributed by atoms with van der Waals surface area (Å²) in [7, 11) is 0. The largest absolute Gasteiger partial charge is 0.481 e. The first-order valence-corrected chi connectivity index (χ1v) is 10.4. The molecule has 1 fully saturated rings. The lowest BCUT2D eigenvalue weighted by atomic mass is 9.95. The van der Waals surface area contributed by atoms with Crippen molar-refractivity contribution in [2.75, 3.05) is 24.5 Å². The minimum absolute atomic E-state index is 0.0262. The number of piperidine rings is 1. The van der Waals surface area contributed by atoms with Gasteiger partial charge in [0.1, 0.15) is 11.3 Å². The van der Waals surface area contributed by atoms with Crippen LogP contribution in [0.1, 0.15) is 18.4 Å². The third kappa shape index (κ3) is 4.84. The lowest BCUT2D eigenvalue weighted by Crippen LogP contribution is -2.43. The van der Waals surface area contributed by atoms with E-state index in [0.717, 1.165) is 11.1 Å². The number of hydrogen-bond donors (Lipinski definition) is 2. The highest BCUT2D eigenvalue weighted by Gasteiger charge is 2.28. The van der Waals surface area contributed by atoms with Crippen molar-refractivity contribution in [2.45, 2.75) is 19.3 Å². The molecule has 0 unspecified atom stereocenters. The van der Waals surface area contributed by atoms with Crippen molar-refractivity contribution < 1.29 is 23.5 Å². The van der Waals surface area contributed by atoms with E-state index in [9.17, 15) is 19.1 Å². The van der Waals surface area contributed by atoms with E-state index in [2.05, 4.69) is 10.3 Å². The van der Waals surface area contributed by atoms with E-state index in [-0.39, 0.29) is 24.8 Å². The summed E-state index contributed by atoms with van der Waals surface area (Å²) in [5.41, 5.74) is 1.86. The quantitative estimate of drug-likeness (QED) is 0.603. The molecule has 162 valence electrons. The number of fused-ring (bicyclic) bond motifs is 1. The van der Waals surface area contributed by atoms with Crippen molar-refractivity contribution in [1.29, 1.82) is 0 Å². The number of para-hydroxylation sites is 2. The van der Waals surface area contributed by atoms with E-state index in [1.54, 1.807) is 18.2 Å². The first kappa shape index (κ1) is 20.8. The number of benzene rings is 2. The van der Waals surface area contributed by atoms with Crippen molar-refractivity contribution >= 4 is 29.0 Å². The molecular formula is C23H24FN3O4. The zero-order chi connectivity index (χ0) is 21.8. The molecule has 2 heterocycles. The SMILES string of the molecule is O=C(NC[C@H](Cc1ccccc1F)C(=O)O)C1CCN(c2nc3ccccc3o2)CC1. The fourth-order valence-corrected chi connectivity index (χ4v) is 3.87. The highest BCUT2D eigenvalue weighted by Crippen LogP contribution is 2.26. The summed E-state index contributed by atoms with van der Waals surface area (Å²) < 4.78 is 19.6. The van der Waals surface area contributed by atoms with Gasteiger partial charge in [0.15, 0.2) is 5.58 Å². The van der Waals surface area contributed by atoms with Crippen LogP contribution in [-0.4, -0.2) is 41.6 Å². The highest BCUT2D eigenvalue weighted by atomic mass is 19.1. The Morgan fingerprint density at radius 3 is 2.58 bits per heavy atom. The zero-order valence-electron chi connectivity index (χ0n) is 17.0. The van der Waals surface area contributed by atoms with Crippen molar-refractivity contribution in [2.24, 2.45) is 11.8 Å². The van der Waals surface area contributed by atoms with Crippen LogP contribution >= 0.6 is 0 Å². The number of anilines is 1. The second-order valence-corrected chi connectivity index (χ2v) is 7.80. The summed E-state index contributed by atoms with van der Waals surface area (Å²) >= 11 is 0. The van der Waals surface area contributed by atoms with Crippen LogP contribution in [-0.2, 0) is 16.0 Å². The second-order valence-electron chi connectivity index (χ2n) is 7.80. The van der Waals surface area contributed by atoms with Gasteiger partial charge in [-0.2, -0.15) is 4.98 Å². The molecular weight excluding hydrogens is 401 g/mol. The van der Waals surface area contributed by atoms with Crippen LogP contribution in [0, 0.1) is 17.7 Å². The zero-order valence-corrected chi connectivity index (χ0v) is 17.0. The number of carbonyl (C=O) groups is 2. The van der Waals surface area contributed by atoms with Gasteiger partial charge in [-0.3, -0.25) is 9.59 Å². The number of carboxylic acids is 1. The molecule has 1 aliphatic heterocycles. The standard InChI is InChI=1S/C23H24FN3O4/c24-18-6-2-1-5-16(18)13-17(22(29)30)14-25-21(28)15-9-11-27(12-10-15)23-26-19-7-3-4-8-20(19)31-23/h1-8,15,17H,9-14H2,(H,25,28)(H,29,30)/t17-/m0/s1. The Balaban J connectivity index is 1.30. The first-order valence-electron chi connectivity index (χ1n) is 10.4. The predicted molar refractivity (Wildman–Crippen MR) is 113 cm³/mol. The fourth-order valence-electron chi connectivity index (χ4n) is 3.87. The molecule has 0 saturated carbocycles. The molecule has 1 atom stereocenters. The molecule has 31 heavy (non-hydrogen) atoms. The number of oxazole rings is 1. The number of carboxylic acid groups (broad SMARTS) is 1. The van der Waals surface area contributed by atoms with Gasteiger partial charge in [0.2, 0.25) is 5.91 Å². The molecule has 0 aliphatic carbocycles. The van der Waals surface area contributed by atoms with Crippen molar-refractivity contribution in [1.82, 2.24) is 10.3 Å². The molecule has 0 radical (unpaired) electrons. The monoisotopic (exact) mass is 425 g/mol. The third-order valence-corrected chi connectivity index (χ3v) is 5.71. The molecule has 8 heteroatoms. The van der Waals surface area contributed by atoms with Crippen molar-refractivity contribution in [3.63, 3.8) is 0 Å². The summed E-state index contributed by atoms with van der Waals surface area (Å²) in [5, 5.41) is 12.2. The number of nitrogens with one attached hydrogen (secondary N) is 1. The Bertz CT molecular complexity index is 1040. The highest BCUT2D eigenvalue weighted by molar-refractivity contribution is 5.80. The number of carbonyl (C=O) groups excluding carboxylic acids is 1. The summed E-state index contributed by atoms with van der Waals surface area (Å²) in [5.74, 6) is -2.76. The molecule has 2 aromatic carbocycles. The minimum atomic E-state index is -1.06. The molecule has 1 aliphatic rings. The Morgan fingerprint density at radius 2 is 1.87 bits per heavy atom. The number of amides is 1. The van der Waals surface area contributed by atoms with Crippen LogP contribution < -0.4 is 10.2 Å². The summed E-state index contributed by atoms with van der Waals surface area (Å²) in [4.78, 5) is 30.7. The molecule has 7 nitrogen and oxygen atoms in total. The molecule has 3 aromatic rings. The molecule has 1 aromatic heterocycles. The lowest BCUT2D eigenvalue weighted by molar-refractivity contribution is -0.141. The average Bonchev–Trinajstić information content (AvgIpc) is 3.22. The van der Waals surface area contributed by atoms with E-state index < -0.39 is 17.7 Å². The summed E-state index contributed by atoms with van der Waals surface area (Å²) in [6, 6.07) is 14.2. The number of aliphatic carboxylic acids is 1. The maximum absolute atomic E-state index is 13.8. The Labute approximate surface area is 178 Å². The summed E-state index contributed by atoms with van der Waals surface area (Å²) in [6.07, 6.45) is 1.27. The maximum Gasteiger partial charge on any atom is 0.308 e. The van der Waals surface area contributed by atoms with Crippen LogP contribution in [0.3, 0.4) is 0 Å². The van der Waals surface area contributed by atoms with Gasteiger partial charge in [-0.05, 0) is 43.0 Å². The van der Waals surface area contributed by atoms with Gasteiger partial charge in [-0.15, -0.1) is 0 Å². The maximum atomic E-state index is 13.8. The van der Waals surface area contributed by atoms with Gasteiger partial charge in [-0.1, -0.05) is 30.3 Å². The van der Waals surface area contributed by atoms with Gasteiger partial charge in [0.25, 0.3) is 6.01 Å². The lowest BCUT2D eigenvalue weighted by Gasteiger charge is -2.30. The van der Waals surface area contributed by atoms with Gasteiger partial charge in [-0.25, -0.2) is 4.39 Å².